The number of carbonyl (C=O) groups is 2. The van der Waals surface area contributed by atoms with Gasteiger partial charge in [-0.15, -0.1) is 0 Å². The molecular weight excluding hydrogens is 364 g/mol. The van der Waals surface area contributed by atoms with Crippen molar-refractivity contribution in [2.45, 2.75) is 25.7 Å². The summed E-state index contributed by atoms with van der Waals surface area (Å²) in [5.74, 6) is -0.535. The van der Waals surface area contributed by atoms with Crippen LogP contribution in [0.1, 0.15) is 36.0 Å². The highest BCUT2D eigenvalue weighted by Gasteiger charge is 2.26. The fourth-order valence-electron chi connectivity index (χ4n) is 4.09. The SMILES string of the molecule is O=C(O)CCC1CCCN(C(=O)c2cc(-c3ccccc3)nc3ccccc23)C1. The highest BCUT2D eigenvalue weighted by atomic mass is 16.4. The smallest absolute Gasteiger partial charge is 0.303 e. The first kappa shape index (κ1) is 19.1. The molecule has 5 heteroatoms. The van der Waals surface area contributed by atoms with Crippen molar-refractivity contribution in [1.82, 2.24) is 9.88 Å². The number of rotatable bonds is 5. The Kier molecular flexibility index (Phi) is 5.56. The largest absolute Gasteiger partial charge is 0.481 e. The minimum Gasteiger partial charge on any atom is -0.481 e. The molecule has 0 spiro atoms. The maximum atomic E-state index is 13.5. The summed E-state index contributed by atoms with van der Waals surface area (Å²) in [5, 5.41) is 9.82. The highest BCUT2D eigenvalue weighted by Crippen LogP contribution is 2.28. The van der Waals surface area contributed by atoms with E-state index in [4.69, 9.17) is 10.1 Å². The van der Waals surface area contributed by atoms with Crippen molar-refractivity contribution in [1.29, 1.82) is 0 Å². The number of hydrogen-bond acceptors (Lipinski definition) is 3. The Hall–Kier alpha value is -3.21. The third-order valence-electron chi connectivity index (χ3n) is 5.59. The number of aromatic nitrogens is 1. The fraction of sp³-hybridized carbons (Fsp3) is 0.292. The van der Waals surface area contributed by atoms with E-state index in [1.54, 1.807) is 0 Å². The van der Waals surface area contributed by atoms with Crippen molar-refractivity contribution in [2.24, 2.45) is 5.92 Å². The summed E-state index contributed by atoms with van der Waals surface area (Å²) in [5.41, 5.74) is 3.22. The van der Waals surface area contributed by atoms with Gasteiger partial charge in [-0.05, 0) is 37.3 Å². The number of nitrogens with zero attached hydrogens (tertiary/aromatic N) is 2. The number of carboxylic acids is 1. The maximum Gasteiger partial charge on any atom is 0.303 e. The van der Waals surface area contributed by atoms with Gasteiger partial charge >= 0.3 is 5.97 Å². The van der Waals surface area contributed by atoms with Gasteiger partial charge in [-0.25, -0.2) is 4.98 Å². The molecule has 2 heterocycles. The summed E-state index contributed by atoms with van der Waals surface area (Å²) in [7, 11) is 0. The molecule has 0 bridgehead atoms. The second-order valence-corrected chi connectivity index (χ2v) is 7.63. The molecule has 1 saturated heterocycles. The van der Waals surface area contributed by atoms with Gasteiger partial charge in [0, 0.05) is 30.5 Å². The third kappa shape index (κ3) is 4.29. The molecule has 0 aliphatic carbocycles. The van der Waals surface area contributed by atoms with Gasteiger partial charge < -0.3 is 10.0 Å². The number of piperidine rings is 1. The average molecular weight is 388 g/mol. The van der Waals surface area contributed by atoms with Crippen LogP contribution in [0.25, 0.3) is 22.2 Å². The molecule has 1 aliphatic heterocycles. The molecule has 1 fully saturated rings. The zero-order valence-electron chi connectivity index (χ0n) is 16.3. The summed E-state index contributed by atoms with van der Waals surface area (Å²) in [6.45, 7) is 1.32. The number of hydrogen-bond donors (Lipinski definition) is 1. The third-order valence-corrected chi connectivity index (χ3v) is 5.59. The molecule has 1 N–H and O–H groups in total. The normalized spacial score (nSPS) is 16.7. The Bertz CT molecular complexity index is 1030. The van der Waals surface area contributed by atoms with Crippen molar-refractivity contribution in [3.8, 4) is 11.3 Å². The minimum absolute atomic E-state index is 0.000746. The van der Waals surface area contributed by atoms with E-state index in [9.17, 15) is 9.59 Å². The first-order chi connectivity index (χ1) is 14.1. The zero-order chi connectivity index (χ0) is 20.2. The van der Waals surface area contributed by atoms with E-state index >= 15 is 0 Å². The van der Waals surface area contributed by atoms with Crippen molar-refractivity contribution in [3.63, 3.8) is 0 Å². The molecule has 1 unspecified atom stereocenters. The molecule has 2 aromatic carbocycles. The minimum atomic E-state index is -0.777. The van der Waals surface area contributed by atoms with Crippen LogP contribution in [0.2, 0.25) is 0 Å². The van der Waals surface area contributed by atoms with Crippen LogP contribution in [-0.4, -0.2) is 40.0 Å². The molecule has 0 saturated carbocycles. The number of aliphatic carboxylic acids is 1. The number of benzene rings is 2. The predicted octanol–water partition coefficient (Wildman–Crippen LogP) is 4.62. The summed E-state index contributed by atoms with van der Waals surface area (Å²) < 4.78 is 0. The Balaban J connectivity index is 1.67. The number of carbonyl (C=O) groups excluding carboxylic acids is 1. The molecule has 3 aromatic rings. The number of carboxylic acid groups (broad SMARTS) is 1. The van der Waals surface area contributed by atoms with Crippen LogP contribution in [0, 0.1) is 5.92 Å². The van der Waals surface area contributed by atoms with Gasteiger partial charge in [-0.1, -0.05) is 48.5 Å². The molecule has 4 rings (SSSR count). The number of para-hydroxylation sites is 1. The van der Waals surface area contributed by atoms with Crippen molar-refractivity contribution >= 4 is 22.8 Å². The van der Waals surface area contributed by atoms with E-state index in [2.05, 4.69) is 0 Å². The van der Waals surface area contributed by atoms with E-state index in [1.165, 1.54) is 0 Å². The number of pyridine rings is 1. The number of fused-ring (bicyclic) bond motifs is 1. The molecule has 148 valence electrons. The Labute approximate surface area is 170 Å². The van der Waals surface area contributed by atoms with Crippen molar-refractivity contribution < 1.29 is 14.7 Å². The first-order valence-corrected chi connectivity index (χ1v) is 10.1. The van der Waals surface area contributed by atoms with E-state index in [0.29, 0.717) is 25.1 Å². The van der Waals surface area contributed by atoms with Crippen LogP contribution in [0.5, 0.6) is 0 Å². The fourth-order valence-corrected chi connectivity index (χ4v) is 4.09. The summed E-state index contributed by atoms with van der Waals surface area (Å²) in [6.07, 6.45) is 2.66. The number of likely N-dealkylation sites (tertiary alicyclic amines) is 1. The molecule has 1 atom stereocenters. The lowest BCUT2D eigenvalue weighted by Gasteiger charge is -2.33. The Morgan fingerprint density at radius 3 is 2.62 bits per heavy atom. The van der Waals surface area contributed by atoms with Gasteiger partial charge in [0.1, 0.15) is 0 Å². The summed E-state index contributed by atoms with van der Waals surface area (Å²) in [4.78, 5) is 31.0. The van der Waals surface area contributed by atoms with E-state index in [1.807, 2.05) is 65.6 Å². The molecular formula is C24H24N2O3. The maximum absolute atomic E-state index is 13.5. The van der Waals surface area contributed by atoms with Gasteiger partial charge in [0.25, 0.3) is 5.91 Å². The second kappa shape index (κ2) is 8.43. The lowest BCUT2D eigenvalue weighted by Crippen LogP contribution is -2.40. The molecule has 1 aromatic heterocycles. The van der Waals surface area contributed by atoms with Crippen LogP contribution < -0.4 is 0 Å². The van der Waals surface area contributed by atoms with Crippen LogP contribution in [0.4, 0.5) is 0 Å². The lowest BCUT2D eigenvalue weighted by molar-refractivity contribution is -0.137. The van der Waals surface area contributed by atoms with Crippen molar-refractivity contribution in [2.75, 3.05) is 13.1 Å². The second-order valence-electron chi connectivity index (χ2n) is 7.63. The molecule has 29 heavy (non-hydrogen) atoms. The molecule has 5 nitrogen and oxygen atoms in total. The van der Waals surface area contributed by atoms with Crippen LogP contribution in [0.3, 0.4) is 0 Å². The summed E-state index contributed by atoms with van der Waals surface area (Å²) >= 11 is 0. The first-order valence-electron chi connectivity index (χ1n) is 10.1. The Morgan fingerprint density at radius 1 is 1.07 bits per heavy atom. The average Bonchev–Trinajstić information content (AvgIpc) is 2.77. The monoisotopic (exact) mass is 388 g/mol. The topological polar surface area (TPSA) is 70.5 Å². The van der Waals surface area contributed by atoms with Gasteiger partial charge in [0.05, 0.1) is 16.8 Å². The standard InChI is InChI=1S/C24H24N2O3/c27-23(28)13-12-17-7-6-14-26(16-17)24(29)20-15-22(18-8-2-1-3-9-18)25-21-11-5-4-10-19(20)21/h1-5,8-11,15,17H,6-7,12-14,16H2,(H,27,28). The van der Waals surface area contributed by atoms with Gasteiger partial charge in [0.15, 0.2) is 0 Å². The number of amides is 1. The van der Waals surface area contributed by atoms with Crippen LogP contribution >= 0.6 is 0 Å². The van der Waals surface area contributed by atoms with E-state index in [0.717, 1.165) is 35.0 Å². The quantitative estimate of drug-likeness (QED) is 0.692. The van der Waals surface area contributed by atoms with Gasteiger partial charge in [-0.3, -0.25) is 9.59 Å². The van der Waals surface area contributed by atoms with Crippen molar-refractivity contribution in [3.05, 3.63) is 66.2 Å². The Morgan fingerprint density at radius 2 is 1.83 bits per heavy atom. The van der Waals surface area contributed by atoms with Gasteiger partial charge in [-0.2, -0.15) is 0 Å². The molecule has 1 amide bonds. The van der Waals surface area contributed by atoms with Crippen LogP contribution in [0.15, 0.2) is 60.7 Å². The van der Waals surface area contributed by atoms with E-state index < -0.39 is 5.97 Å². The lowest BCUT2D eigenvalue weighted by atomic mass is 9.92. The zero-order valence-corrected chi connectivity index (χ0v) is 16.3. The molecule has 1 aliphatic rings. The van der Waals surface area contributed by atoms with E-state index in [-0.39, 0.29) is 18.2 Å². The van der Waals surface area contributed by atoms with Gasteiger partial charge in [0.2, 0.25) is 0 Å². The van der Waals surface area contributed by atoms with Crippen LogP contribution in [-0.2, 0) is 4.79 Å². The predicted molar refractivity (Wildman–Crippen MR) is 113 cm³/mol. The molecule has 0 radical (unpaired) electrons. The summed E-state index contributed by atoms with van der Waals surface area (Å²) in [6, 6.07) is 19.5. The highest BCUT2D eigenvalue weighted by molar-refractivity contribution is 6.07.